The zero-order chi connectivity index (χ0) is 13.7. The van der Waals surface area contributed by atoms with Crippen LogP contribution in [0.4, 0.5) is 11.8 Å². The molecule has 2 rings (SSSR count). The third-order valence-corrected chi connectivity index (χ3v) is 3.28. The number of nitrogens with zero attached hydrogens (tertiary/aromatic N) is 3. The molecule has 7 nitrogen and oxygen atoms in total. The largest absolute Gasteiger partial charge is 0.367 e. The number of hydrogen-bond donors (Lipinski definition) is 3. The van der Waals surface area contributed by atoms with Crippen LogP contribution in [0, 0.1) is 0 Å². The van der Waals surface area contributed by atoms with Crippen molar-refractivity contribution < 1.29 is 4.21 Å². The molecular weight excluding hydrogens is 264 g/mol. The molecule has 2 aromatic heterocycles. The number of fused-ring (bicyclic) bond motifs is 1. The molecule has 19 heavy (non-hydrogen) atoms. The summed E-state index contributed by atoms with van der Waals surface area (Å²) in [6.45, 7) is 3.49. The second kappa shape index (κ2) is 6.46. The first-order valence-corrected chi connectivity index (χ1v) is 7.92. The van der Waals surface area contributed by atoms with Crippen molar-refractivity contribution in [3.05, 3.63) is 6.33 Å². The van der Waals surface area contributed by atoms with Gasteiger partial charge in [0.2, 0.25) is 5.95 Å². The zero-order valence-electron chi connectivity index (χ0n) is 11.1. The first-order chi connectivity index (χ1) is 9.20. The molecule has 104 valence electrons. The predicted octanol–water partition coefficient (Wildman–Crippen LogP) is 0.965. The Morgan fingerprint density at radius 3 is 2.89 bits per heavy atom. The molecule has 0 aliphatic carbocycles. The normalized spacial score (nSPS) is 12.5. The van der Waals surface area contributed by atoms with Gasteiger partial charge >= 0.3 is 0 Å². The molecule has 1 unspecified atom stereocenters. The maximum Gasteiger partial charge on any atom is 0.226 e. The number of anilines is 2. The molecular formula is C11H18N6OS. The molecule has 1 atom stereocenters. The number of rotatable bonds is 7. The van der Waals surface area contributed by atoms with Gasteiger partial charge in [0.1, 0.15) is 5.52 Å². The van der Waals surface area contributed by atoms with Gasteiger partial charge in [0.05, 0.1) is 6.33 Å². The minimum absolute atomic E-state index is 0.557. The molecule has 0 saturated heterocycles. The standard InChI is InChI=1S/C11H18N6OS/c1-3-4-13-11-16-9(12-5-6-19(2)18)8-10(17-11)15-7-14-8/h7H,3-6H2,1-2H3,(H3,12,13,14,15,16,17). The van der Waals surface area contributed by atoms with Crippen LogP contribution in [0.3, 0.4) is 0 Å². The lowest BCUT2D eigenvalue weighted by Crippen LogP contribution is -2.13. The second-order valence-corrected chi connectivity index (χ2v) is 5.68. The van der Waals surface area contributed by atoms with Crippen LogP contribution >= 0.6 is 0 Å². The van der Waals surface area contributed by atoms with Crippen LogP contribution < -0.4 is 10.6 Å². The molecule has 0 aliphatic heterocycles. The quantitative estimate of drug-likeness (QED) is 0.700. The van der Waals surface area contributed by atoms with Gasteiger partial charge < -0.3 is 15.6 Å². The summed E-state index contributed by atoms with van der Waals surface area (Å²) >= 11 is 0. The Balaban J connectivity index is 2.18. The van der Waals surface area contributed by atoms with E-state index in [1.807, 2.05) is 0 Å². The van der Waals surface area contributed by atoms with Gasteiger partial charge in [-0.15, -0.1) is 0 Å². The highest BCUT2D eigenvalue weighted by molar-refractivity contribution is 7.84. The van der Waals surface area contributed by atoms with Gasteiger partial charge in [0.15, 0.2) is 11.5 Å². The summed E-state index contributed by atoms with van der Waals surface area (Å²) in [6.07, 6.45) is 4.27. The second-order valence-electron chi connectivity index (χ2n) is 4.13. The lowest BCUT2D eigenvalue weighted by Gasteiger charge is -2.08. The molecule has 0 bridgehead atoms. The molecule has 2 heterocycles. The Labute approximate surface area is 114 Å². The van der Waals surface area contributed by atoms with Gasteiger partial charge in [0, 0.05) is 35.9 Å². The first kappa shape index (κ1) is 13.7. The maximum atomic E-state index is 11.1. The highest BCUT2D eigenvalue weighted by Gasteiger charge is 2.09. The van der Waals surface area contributed by atoms with Crippen LogP contribution in [-0.4, -0.2) is 49.2 Å². The summed E-state index contributed by atoms with van der Waals surface area (Å²) in [7, 11) is -0.821. The molecule has 0 aromatic carbocycles. The van der Waals surface area contributed by atoms with E-state index >= 15 is 0 Å². The highest BCUT2D eigenvalue weighted by Crippen LogP contribution is 2.18. The summed E-state index contributed by atoms with van der Waals surface area (Å²) in [5.74, 6) is 1.82. The molecule has 3 N–H and O–H groups in total. The van der Waals surface area contributed by atoms with Crippen LogP contribution in [0.1, 0.15) is 13.3 Å². The number of H-pyrrole nitrogens is 1. The van der Waals surface area contributed by atoms with Crippen molar-refractivity contribution >= 4 is 33.7 Å². The Kier molecular flexibility index (Phi) is 4.67. The number of hydrogen-bond acceptors (Lipinski definition) is 6. The van der Waals surface area contributed by atoms with E-state index in [1.165, 1.54) is 0 Å². The minimum atomic E-state index is -0.821. The fourth-order valence-corrected chi connectivity index (χ4v) is 1.98. The van der Waals surface area contributed by atoms with E-state index in [9.17, 15) is 4.21 Å². The van der Waals surface area contributed by atoms with E-state index in [1.54, 1.807) is 12.6 Å². The third kappa shape index (κ3) is 3.63. The van der Waals surface area contributed by atoms with E-state index in [0.29, 0.717) is 29.7 Å². The van der Waals surface area contributed by atoms with E-state index in [-0.39, 0.29) is 0 Å². The lowest BCUT2D eigenvalue weighted by molar-refractivity contribution is 0.687. The third-order valence-electron chi connectivity index (χ3n) is 2.50. The van der Waals surface area contributed by atoms with Crippen LogP contribution in [0.25, 0.3) is 11.2 Å². The van der Waals surface area contributed by atoms with E-state index in [0.717, 1.165) is 18.5 Å². The van der Waals surface area contributed by atoms with Crippen LogP contribution in [0.2, 0.25) is 0 Å². The van der Waals surface area contributed by atoms with E-state index in [4.69, 9.17) is 0 Å². The average Bonchev–Trinajstić information content (AvgIpc) is 2.84. The summed E-state index contributed by atoms with van der Waals surface area (Å²) < 4.78 is 11.1. The van der Waals surface area contributed by atoms with Crippen molar-refractivity contribution in [2.24, 2.45) is 0 Å². The minimum Gasteiger partial charge on any atom is -0.367 e. The highest BCUT2D eigenvalue weighted by atomic mass is 32.2. The Bertz CT molecular complexity index is 569. The van der Waals surface area contributed by atoms with Crippen LogP contribution in [-0.2, 0) is 10.8 Å². The number of imidazole rings is 1. The van der Waals surface area contributed by atoms with Crippen molar-refractivity contribution in [1.29, 1.82) is 0 Å². The number of aromatic amines is 1. The van der Waals surface area contributed by atoms with E-state index in [2.05, 4.69) is 37.5 Å². The Hall–Kier alpha value is -1.70. The Morgan fingerprint density at radius 1 is 1.32 bits per heavy atom. The van der Waals surface area contributed by atoms with Gasteiger partial charge in [-0.25, -0.2) is 4.98 Å². The first-order valence-electron chi connectivity index (χ1n) is 6.19. The monoisotopic (exact) mass is 282 g/mol. The van der Waals surface area contributed by atoms with Crippen LogP contribution in [0.5, 0.6) is 0 Å². The number of nitrogens with one attached hydrogen (secondary N) is 3. The molecule has 0 fully saturated rings. The van der Waals surface area contributed by atoms with Crippen molar-refractivity contribution in [3.63, 3.8) is 0 Å². The topological polar surface area (TPSA) is 95.6 Å². The zero-order valence-corrected chi connectivity index (χ0v) is 11.9. The average molecular weight is 282 g/mol. The van der Waals surface area contributed by atoms with Crippen molar-refractivity contribution in [1.82, 2.24) is 19.9 Å². The van der Waals surface area contributed by atoms with Crippen molar-refractivity contribution in [2.75, 3.05) is 35.7 Å². The van der Waals surface area contributed by atoms with Gasteiger partial charge in [-0.2, -0.15) is 9.97 Å². The summed E-state index contributed by atoms with van der Waals surface area (Å²) in [5.41, 5.74) is 1.39. The predicted molar refractivity (Wildman–Crippen MR) is 77.9 cm³/mol. The van der Waals surface area contributed by atoms with E-state index < -0.39 is 10.8 Å². The molecule has 0 aliphatic rings. The smallest absolute Gasteiger partial charge is 0.226 e. The fourth-order valence-electron chi connectivity index (χ4n) is 1.59. The molecule has 2 aromatic rings. The fraction of sp³-hybridized carbons (Fsp3) is 0.545. The molecule has 8 heteroatoms. The van der Waals surface area contributed by atoms with Gasteiger partial charge in [-0.3, -0.25) is 4.21 Å². The molecule has 0 amide bonds. The lowest BCUT2D eigenvalue weighted by atomic mass is 10.4. The van der Waals surface area contributed by atoms with Crippen molar-refractivity contribution in [2.45, 2.75) is 13.3 Å². The summed E-state index contributed by atoms with van der Waals surface area (Å²) in [4.78, 5) is 15.9. The summed E-state index contributed by atoms with van der Waals surface area (Å²) in [6, 6.07) is 0. The molecule has 0 saturated carbocycles. The SMILES string of the molecule is CCCNc1nc(NCCS(C)=O)c2[nH]cnc2n1. The number of aromatic nitrogens is 4. The van der Waals surface area contributed by atoms with Crippen LogP contribution in [0.15, 0.2) is 6.33 Å². The van der Waals surface area contributed by atoms with Gasteiger partial charge in [-0.1, -0.05) is 6.92 Å². The summed E-state index contributed by atoms with van der Waals surface area (Å²) in [5, 5.41) is 6.31. The van der Waals surface area contributed by atoms with Crippen molar-refractivity contribution in [3.8, 4) is 0 Å². The van der Waals surface area contributed by atoms with Gasteiger partial charge in [-0.05, 0) is 6.42 Å². The maximum absolute atomic E-state index is 11.1. The molecule has 0 radical (unpaired) electrons. The van der Waals surface area contributed by atoms with Gasteiger partial charge in [0.25, 0.3) is 0 Å². The Morgan fingerprint density at radius 2 is 2.16 bits per heavy atom. The molecule has 0 spiro atoms.